The van der Waals surface area contributed by atoms with Crippen LogP contribution in [0.1, 0.15) is 26.6 Å². The number of nitrogens with two attached hydrogens (primary N) is 1. The number of aromatic nitrogens is 4. The molecular formula is C16H17N5O3S2. The predicted octanol–water partition coefficient (Wildman–Crippen LogP) is 1.56. The number of Topliss-reactive ketones (excluding diaryl/α,β-unsaturated/α-hetero) is 1. The highest BCUT2D eigenvalue weighted by molar-refractivity contribution is 8.00. The molecule has 0 radical (unpaired) electrons. The highest BCUT2D eigenvalue weighted by Crippen LogP contribution is 2.35. The van der Waals surface area contributed by atoms with Crippen LogP contribution in [0.5, 0.6) is 0 Å². The van der Waals surface area contributed by atoms with Crippen LogP contribution in [0.2, 0.25) is 0 Å². The zero-order valence-electron chi connectivity index (χ0n) is 14.7. The van der Waals surface area contributed by atoms with E-state index < -0.39 is 17.0 Å². The average Bonchev–Trinajstić information content (AvgIpc) is 2.84. The minimum atomic E-state index is -0.775. The van der Waals surface area contributed by atoms with Gasteiger partial charge < -0.3 is 5.73 Å². The molecule has 0 bridgehead atoms. The van der Waals surface area contributed by atoms with Crippen LogP contribution in [0.15, 0.2) is 14.6 Å². The predicted molar refractivity (Wildman–Crippen MR) is 103 cm³/mol. The van der Waals surface area contributed by atoms with Crippen molar-refractivity contribution >= 4 is 44.9 Å². The first-order valence-electron chi connectivity index (χ1n) is 7.69. The number of ketones is 1. The third-order valence-corrected chi connectivity index (χ3v) is 6.17. The number of H-pyrrole nitrogens is 1. The van der Waals surface area contributed by atoms with Crippen molar-refractivity contribution < 1.29 is 4.79 Å². The van der Waals surface area contributed by atoms with Crippen molar-refractivity contribution in [2.24, 2.45) is 7.05 Å². The summed E-state index contributed by atoms with van der Waals surface area (Å²) in [6, 6.07) is 0. The van der Waals surface area contributed by atoms with Crippen molar-refractivity contribution in [2.45, 2.75) is 25.8 Å². The van der Waals surface area contributed by atoms with Crippen molar-refractivity contribution in [3.05, 3.63) is 42.7 Å². The minimum Gasteiger partial charge on any atom is -0.384 e. The van der Waals surface area contributed by atoms with Crippen LogP contribution in [0.3, 0.4) is 0 Å². The summed E-state index contributed by atoms with van der Waals surface area (Å²) in [5.74, 6) is -0.00628. The molecule has 0 spiro atoms. The van der Waals surface area contributed by atoms with Crippen LogP contribution in [0, 0.1) is 20.8 Å². The van der Waals surface area contributed by atoms with E-state index in [0.29, 0.717) is 10.9 Å². The van der Waals surface area contributed by atoms with Gasteiger partial charge in [-0.05, 0) is 26.3 Å². The lowest BCUT2D eigenvalue weighted by Gasteiger charge is -2.08. The van der Waals surface area contributed by atoms with Crippen LogP contribution in [0.4, 0.5) is 5.82 Å². The number of aryl methyl sites for hydroxylation is 3. The molecule has 3 N–H and O–H groups in total. The lowest BCUT2D eigenvalue weighted by Crippen LogP contribution is -2.35. The molecule has 3 aromatic rings. The zero-order chi connectivity index (χ0) is 19.2. The van der Waals surface area contributed by atoms with Gasteiger partial charge in [0.05, 0.1) is 5.75 Å². The molecule has 0 unspecified atom stereocenters. The number of aromatic amines is 1. The smallest absolute Gasteiger partial charge is 0.329 e. The van der Waals surface area contributed by atoms with Gasteiger partial charge in [-0.25, -0.2) is 14.8 Å². The van der Waals surface area contributed by atoms with E-state index in [0.717, 1.165) is 25.2 Å². The number of rotatable bonds is 4. The minimum absolute atomic E-state index is 0.0224. The Balaban J connectivity index is 1.97. The third kappa shape index (κ3) is 3.06. The number of fused-ring (bicyclic) bond motifs is 1. The maximum atomic E-state index is 12.6. The van der Waals surface area contributed by atoms with Crippen molar-refractivity contribution in [2.75, 3.05) is 11.5 Å². The molecule has 0 aliphatic rings. The van der Waals surface area contributed by atoms with Crippen LogP contribution in [-0.4, -0.2) is 31.1 Å². The third-order valence-electron chi connectivity index (χ3n) is 4.10. The Morgan fingerprint density at radius 2 is 1.96 bits per heavy atom. The van der Waals surface area contributed by atoms with Gasteiger partial charge in [-0.1, -0.05) is 11.8 Å². The van der Waals surface area contributed by atoms with Gasteiger partial charge in [-0.3, -0.25) is 19.1 Å². The van der Waals surface area contributed by atoms with E-state index in [2.05, 4.69) is 15.0 Å². The summed E-state index contributed by atoms with van der Waals surface area (Å²) in [7, 11) is 1.40. The Labute approximate surface area is 156 Å². The van der Waals surface area contributed by atoms with Crippen molar-refractivity contribution in [3.63, 3.8) is 0 Å². The van der Waals surface area contributed by atoms with Gasteiger partial charge in [0.15, 0.2) is 5.78 Å². The van der Waals surface area contributed by atoms with Crippen molar-refractivity contribution in [1.29, 1.82) is 0 Å². The summed E-state index contributed by atoms with van der Waals surface area (Å²) in [6.07, 6.45) is 0. The molecule has 0 saturated carbocycles. The summed E-state index contributed by atoms with van der Waals surface area (Å²) in [6.45, 7) is 5.81. The molecule has 0 aliphatic carbocycles. The van der Waals surface area contributed by atoms with Crippen LogP contribution >= 0.6 is 23.1 Å². The molecule has 26 heavy (non-hydrogen) atoms. The first kappa shape index (κ1) is 18.3. The summed E-state index contributed by atoms with van der Waals surface area (Å²) in [5.41, 5.74) is 5.23. The second-order valence-electron chi connectivity index (χ2n) is 5.83. The Morgan fingerprint density at radius 3 is 2.65 bits per heavy atom. The van der Waals surface area contributed by atoms with E-state index in [4.69, 9.17) is 5.73 Å². The number of nitrogens with zero attached hydrogens (tertiary/aromatic N) is 3. The average molecular weight is 391 g/mol. The largest absolute Gasteiger partial charge is 0.384 e. The van der Waals surface area contributed by atoms with E-state index >= 15 is 0 Å². The van der Waals surface area contributed by atoms with Gasteiger partial charge in [0.2, 0.25) is 0 Å². The molecule has 0 aromatic carbocycles. The normalized spacial score (nSPS) is 11.2. The summed E-state index contributed by atoms with van der Waals surface area (Å²) in [4.78, 5) is 49.1. The lowest BCUT2D eigenvalue weighted by atomic mass is 10.2. The van der Waals surface area contributed by atoms with E-state index in [1.54, 1.807) is 18.3 Å². The second-order valence-corrected chi connectivity index (χ2v) is 8.00. The second kappa shape index (κ2) is 6.69. The van der Waals surface area contributed by atoms with Gasteiger partial charge in [-0.2, -0.15) is 0 Å². The lowest BCUT2D eigenvalue weighted by molar-refractivity contribution is 0.102. The number of hydrogen-bond acceptors (Lipinski definition) is 8. The molecule has 8 nitrogen and oxygen atoms in total. The Morgan fingerprint density at radius 1 is 1.27 bits per heavy atom. The number of thioether (sulfide) groups is 1. The van der Waals surface area contributed by atoms with E-state index in [9.17, 15) is 14.4 Å². The monoisotopic (exact) mass is 391 g/mol. The van der Waals surface area contributed by atoms with Gasteiger partial charge in [0.1, 0.15) is 27.1 Å². The van der Waals surface area contributed by atoms with Gasteiger partial charge in [-0.15, -0.1) is 11.3 Å². The maximum Gasteiger partial charge on any atom is 0.329 e. The SMILES string of the molecule is Cc1nc(SCC(=O)c2c(N)n(C)c(=O)[nH]c2=O)c2c(C)c(C)sc2n1. The molecular weight excluding hydrogens is 374 g/mol. The molecule has 136 valence electrons. The van der Waals surface area contributed by atoms with Crippen molar-refractivity contribution in [3.8, 4) is 0 Å². The van der Waals surface area contributed by atoms with Gasteiger partial charge >= 0.3 is 5.69 Å². The molecule has 0 amide bonds. The number of hydrogen-bond donors (Lipinski definition) is 2. The molecule has 3 rings (SSSR count). The molecule has 0 aliphatic heterocycles. The molecule has 3 aromatic heterocycles. The zero-order valence-corrected chi connectivity index (χ0v) is 16.3. The number of anilines is 1. The van der Waals surface area contributed by atoms with Crippen LogP contribution in [-0.2, 0) is 7.05 Å². The number of carbonyl (C=O) groups excluding carboxylic acids is 1. The van der Waals surface area contributed by atoms with E-state index in [-0.39, 0.29) is 17.1 Å². The fraction of sp³-hybridized carbons (Fsp3) is 0.312. The van der Waals surface area contributed by atoms with Gasteiger partial charge in [0.25, 0.3) is 5.56 Å². The van der Waals surface area contributed by atoms with Crippen LogP contribution < -0.4 is 17.0 Å². The first-order chi connectivity index (χ1) is 12.2. The molecule has 3 heterocycles. The number of nitrogens with one attached hydrogen (secondary N) is 1. The first-order valence-corrected chi connectivity index (χ1v) is 9.50. The number of carbonyl (C=O) groups is 1. The Kier molecular flexibility index (Phi) is 4.72. The number of nitrogen functional groups attached to an aromatic ring is 1. The van der Waals surface area contributed by atoms with Gasteiger partial charge in [0, 0.05) is 17.3 Å². The summed E-state index contributed by atoms with van der Waals surface area (Å²) in [5, 5.41) is 1.63. The Bertz CT molecular complexity index is 1160. The number of thiophene rings is 1. The van der Waals surface area contributed by atoms with E-state index in [1.807, 2.05) is 13.8 Å². The molecule has 0 fully saturated rings. The molecule has 0 saturated heterocycles. The highest BCUT2D eigenvalue weighted by Gasteiger charge is 2.20. The maximum absolute atomic E-state index is 12.6. The topological polar surface area (TPSA) is 124 Å². The van der Waals surface area contributed by atoms with Crippen LogP contribution in [0.25, 0.3) is 10.2 Å². The van der Waals surface area contributed by atoms with Crippen molar-refractivity contribution in [1.82, 2.24) is 19.5 Å². The summed E-state index contributed by atoms with van der Waals surface area (Å²) < 4.78 is 1.04. The highest BCUT2D eigenvalue weighted by atomic mass is 32.2. The fourth-order valence-corrected chi connectivity index (χ4v) is 4.67. The molecule has 0 atom stereocenters. The Hall–Kier alpha value is -2.46. The fourth-order valence-electron chi connectivity index (χ4n) is 2.53. The quantitative estimate of drug-likeness (QED) is 0.393. The summed E-state index contributed by atoms with van der Waals surface area (Å²) >= 11 is 2.82. The molecule has 10 heteroatoms. The van der Waals surface area contributed by atoms with E-state index in [1.165, 1.54) is 18.8 Å². The standard InChI is InChI=1S/C16H17N5O3S2/c1-6-7(2)26-15-10(6)14(18-8(3)19-15)25-5-9(22)11-12(17)21(4)16(24)20-13(11)23/h5,17H2,1-4H3,(H,20,23,24).